The number of nitro benzene ring substituents is 1. The van der Waals surface area contributed by atoms with E-state index in [0.29, 0.717) is 17.8 Å². The van der Waals surface area contributed by atoms with Gasteiger partial charge in [-0.15, -0.1) is 5.92 Å². The molecule has 0 saturated carbocycles. The molecule has 0 saturated heterocycles. The van der Waals surface area contributed by atoms with Crippen LogP contribution >= 0.6 is 0 Å². The number of aryl methyl sites for hydroxylation is 1. The van der Waals surface area contributed by atoms with E-state index in [-0.39, 0.29) is 10.6 Å². The molecule has 0 aliphatic carbocycles. The van der Waals surface area contributed by atoms with Crippen LogP contribution in [0, 0.1) is 28.9 Å². The maximum absolute atomic E-state index is 10.8. The fourth-order valence-corrected chi connectivity index (χ4v) is 1.27. The van der Waals surface area contributed by atoms with E-state index in [2.05, 4.69) is 17.2 Å². The summed E-state index contributed by atoms with van der Waals surface area (Å²) in [4.78, 5) is 10.4. The Labute approximate surface area is 88.5 Å². The van der Waals surface area contributed by atoms with E-state index in [0.717, 1.165) is 0 Å². The summed E-state index contributed by atoms with van der Waals surface area (Å²) in [6.45, 7) is 3.86. The SMILES string of the molecule is CC#CCNc1cccc(C)c1[N+](=O)[O-]. The van der Waals surface area contributed by atoms with E-state index in [9.17, 15) is 10.1 Å². The van der Waals surface area contributed by atoms with Crippen molar-refractivity contribution in [2.45, 2.75) is 13.8 Å². The van der Waals surface area contributed by atoms with Crippen LogP contribution in [0.2, 0.25) is 0 Å². The highest BCUT2D eigenvalue weighted by Gasteiger charge is 2.15. The van der Waals surface area contributed by atoms with Gasteiger partial charge < -0.3 is 5.32 Å². The van der Waals surface area contributed by atoms with Gasteiger partial charge in [-0.05, 0) is 19.9 Å². The van der Waals surface area contributed by atoms with E-state index >= 15 is 0 Å². The molecule has 0 aliphatic heterocycles. The van der Waals surface area contributed by atoms with Crippen molar-refractivity contribution in [1.29, 1.82) is 0 Å². The van der Waals surface area contributed by atoms with E-state index in [1.165, 1.54) is 0 Å². The van der Waals surface area contributed by atoms with Crippen molar-refractivity contribution >= 4 is 11.4 Å². The molecular formula is C11H12N2O2. The van der Waals surface area contributed by atoms with Crippen molar-refractivity contribution < 1.29 is 4.92 Å². The molecule has 1 N–H and O–H groups in total. The minimum absolute atomic E-state index is 0.121. The summed E-state index contributed by atoms with van der Waals surface area (Å²) in [6.07, 6.45) is 0. The third kappa shape index (κ3) is 2.71. The molecule has 4 heteroatoms. The van der Waals surface area contributed by atoms with Crippen LogP contribution in [0.15, 0.2) is 18.2 Å². The van der Waals surface area contributed by atoms with Gasteiger partial charge in [0.15, 0.2) is 0 Å². The molecule has 1 rings (SSSR count). The summed E-state index contributed by atoms with van der Waals surface area (Å²) in [7, 11) is 0. The summed E-state index contributed by atoms with van der Waals surface area (Å²) in [5.41, 5.74) is 1.28. The van der Waals surface area contributed by atoms with Crippen molar-refractivity contribution in [3.05, 3.63) is 33.9 Å². The summed E-state index contributed by atoms with van der Waals surface area (Å²) < 4.78 is 0. The van der Waals surface area contributed by atoms with Crippen molar-refractivity contribution in [1.82, 2.24) is 0 Å². The van der Waals surface area contributed by atoms with Crippen LogP contribution < -0.4 is 5.32 Å². The van der Waals surface area contributed by atoms with Crippen LogP contribution in [0.1, 0.15) is 12.5 Å². The number of anilines is 1. The fourth-order valence-electron chi connectivity index (χ4n) is 1.27. The fraction of sp³-hybridized carbons (Fsp3) is 0.273. The van der Waals surface area contributed by atoms with Crippen LogP contribution in [0.5, 0.6) is 0 Å². The zero-order valence-corrected chi connectivity index (χ0v) is 8.70. The number of rotatable bonds is 3. The third-order valence-corrected chi connectivity index (χ3v) is 1.96. The second-order valence-electron chi connectivity index (χ2n) is 3.01. The van der Waals surface area contributed by atoms with Crippen LogP contribution in [-0.4, -0.2) is 11.5 Å². The minimum atomic E-state index is -0.378. The molecule has 0 spiro atoms. The zero-order chi connectivity index (χ0) is 11.3. The predicted molar refractivity (Wildman–Crippen MR) is 59.8 cm³/mol. The number of benzene rings is 1. The lowest BCUT2D eigenvalue weighted by Gasteiger charge is -2.05. The third-order valence-electron chi connectivity index (χ3n) is 1.96. The number of hydrogen-bond donors (Lipinski definition) is 1. The van der Waals surface area contributed by atoms with E-state index in [4.69, 9.17) is 0 Å². The average molecular weight is 204 g/mol. The zero-order valence-electron chi connectivity index (χ0n) is 8.70. The van der Waals surface area contributed by atoms with E-state index < -0.39 is 0 Å². The highest BCUT2D eigenvalue weighted by atomic mass is 16.6. The van der Waals surface area contributed by atoms with Crippen molar-refractivity contribution in [2.75, 3.05) is 11.9 Å². The topological polar surface area (TPSA) is 55.2 Å². The maximum Gasteiger partial charge on any atom is 0.295 e. The summed E-state index contributed by atoms with van der Waals surface area (Å²) >= 11 is 0. The maximum atomic E-state index is 10.8. The predicted octanol–water partition coefficient (Wildman–Crippen LogP) is 2.34. The standard InChI is InChI=1S/C11H12N2O2/c1-3-4-8-12-10-7-5-6-9(2)11(10)13(14)15/h5-7,12H,8H2,1-2H3. The monoisotopic (exact) mass is 204 g/mol. The van der Waals surface area contributed by atoms with Gasteiger partial charge in [-0.1, -0.05) is 18.1 Å². The van der Waals surface area contributed by atoms with Gasteiger partial charge in [-0.25, -0.2) is 0 Å². The molecule has 4 nitrogen and oxygen atoms in total. The van der Waals surface area contributed by atoms with E-state index in [1.807, 2.05) is 0 Å². The summed E-state index contributed by atoms with van der Waals surface area (Å²) in [6, 6.07) is 5.18. The first kappa shape index (κ1) is 11.1. The molecule has 0 atom stereocenters. The summed E-state index contributed by atoms with van der Waals surface area (Å²) in [5, 5.41) is 13.7. The Kier molecular flexibility index (Phi) is 3.69. The molecular weight excluding hydrogens is 192 g/mol. The van der Waals surface area contributed by atoms with Crippen molar-refractivity contribution in [2.24, 2.45) is 0 Å². The molecule has 0 unspecified atom stereocenters. The number of nitro groups is 1. The molecule has 0 aliphatic rings. The molecule has 78 valence electrons. The van der Waals surface area contributed by atoms with Gasteiger partial charge in [-0.3, -0.25) is 10.1 Å². The first-order valence-electron chi connectivity index (χ1n) is 4.54. The van der Waals surface area contributed by atoms with Gasteiger partial charge in [0.2, 0.25) is 0 Å². The number of nitrogens with zero attached hydrogens (tertiary/aromatic N) is 1. The molecule has 1 aromatic rings. The Bertz CT molecular complexity index is 430. The Morgan fingerprint density at radius 1 is 1.53 bits per heavy atom. The van der Waals surface area contributed by atoms with E-state index in [1.54, 1.807) is 32.0 Å². The molecule has 0 amide bonds. The van der Waals surface area contributed by atoms with Crippen LogP contribution in [-0.2, 0) is 0 Å². The first-order valence-corrected chi connectivity index (χ1v) is 4.54. The smallest absolute Gasteiger partial charge is 0.295 e. The lowest BCUT2D eigenvalue weighted by molar-refractivity contribution is -0.384. The lowest BCUT2D eigenvalue weighted by Crippen LogP contribution is -2.03. The van der Waals surface area contributed by atoms with Gasteiger partial charge in [0.05, 0.1) is 11.5 Å². The van der Waals surface area contributed by atoms with Gasteiger partial charge in [0.1, 0.15) is 5.69 Å². The molecule has 0 fully saturated rings. The molecule has 0 aromatic heterocycles. The molecule has 0 heterocycles. The van der Waals surface area contributed by atoms with Gasteiger partial charge in [0.25, 0.3) is 5.69 Å². The van der Waals surface area contributed by atoms with Crippen LogP contribution in [0.4, 0.5) is 11.4 Å². The Morgan fingerprint density at radius 2 is 2.27 bits per heavy atom. The first-order chi connectivity index (χ1) is 7.16. The number of para-hydroxylation sites is 1. The second kappa shape index (κ2) is 5.01. The Balaban J connectivity index is 2.99. The van der Waals surface area contributed by atoms with Gasteiger partial charge >= 0.3 is 0 Å². The molecule has 0 bridgehead atoms. The normalized spacial score (nSPS) is 8.93. The van der Waals surface area contributed by atoms with Crippen LogP contribution in [0.3, 0.4) is 0 Å². The van der Waals surface area contributed by atoms with Crippen molar-refractivity contribution in [3.8, 4) is 11.8 Å². The Hall–Kier alpha value is -2.02. The summed E-state index contributed by atoms with van der Waals surface area (Å²) in [5.74, 6) is 5.52. The number of nitrogens with one attached hydrogen (secondary N) is 1. The number of hydrogen-bond acceptors (Lipinski definition) is 3. The highest BCUT2D eigenvalue weighted by Crippen LogP contribution is 2.27. The van der Waals surface area contributed by atoms with Crippen molar-refractivity contribution in [3.63, 3.8) is 0 Å². The lowest BCUT2D eigenvalue weighted by atomic mass is 10.1. The highest BCUT2D eigenvalue weighted by molar-refractivity contribution is 5.65. The molecule has 0 radical (unpaired) electrons. The Morgan fingerprint density at radius 3 is 2.87 bits per heavy atom. The average Bonchev–Trinajstić information content (AvgIpc) is 2.17. The minimum Gasteiger partial charge on any atom is -0.369 e. The van der Waals surface area contributed by atoms with Gasteiger partial charge in [0, 0.05) is 5.56 Å². The molecule has 15 heavy (non-hydrogen) atoms. The second-order valence-corrected chi connectivity index (χ2v) is 3.01. The largest absolute Gasteiger partial charge is 0.369 e. The van der Waals surface area contributed by atoms with Gasteiger partial charge in [-0.2, -0.15) is 0 Å². The molecule has 1 aromatic carbocycles. The van der Waals surface area contributed by atoms with Crippen LogP contribution in [0.25, 0.3) is 0 Å². The quantitative estimate of drug-likeness (QED) is 0.467.